The van der Waals surface area contributed by atoms with Crippen LogP contribution in [-0.4, -0.2) is 6.04 Å². The topological polar surface area (TPSA) is 12.0 Å². The van der Waals surface area contributed by atoms with Gasteiger partial charge < -0.3 is 5.32 Å². The zero-order chi connectivity index (χ0) is 17.5. The number of nitrogens with one attached hydrogen (secondary N) is 1. The third-order valence-electron chi connectivity index (χ3n) is 4.27. The van der Waals surface area contributed by atoms with Gasteiger partial charge in [-0.1, -0.05) is 72.1 Å². The minimum Gasteiger partial charge on any atom is -0.306 e. The first-order valence-electron chi connectivity index (χ1n) is 8.63. The number of rotatable bonds is 7. The lowest BCUT2D eigenvalue weighted by Crippen LogP contribution is -2.28. The van der Waals surface area contributed by atoms with E-state index in [2.05, 4.69) is 75.5 Å². The molecule has 0 bridgehead atoms. The van der Waals surface area contributed by atoms with Crippen LogP contribution in [0.5, 0.6) is 0 Å². The summed E-state index contributed by atoms with van der Waals surface area (Å²) in [6, 6.07) is 17.3. The van der Waals surface area contributed by atoms with Crippen LogP contribution >= 0.6 is 11.6 Å². The molecule has 0 spiro atoms. The number of allylic oxidation sites excluding steroid dienone is 1. The molecular weight excluding hydrogens is 314 g/mol. The molecule has 0 heterocycles. The quantitative estimate of drug-likeness (QED) is 0.585. The lowest BCUT2D eigenvalue weighted by atomic mass is 9.92. The molecule has 2 unspecified atom stereocenters. The van der Waals surface area contributed by atoms with Crippen LogP contribution in [0, 0.1) is 6.92 Å². The smallest absolute Gasteiger partial charge is 0.0406 e. The fraction of sp³-hybridized carbons (Fsp3) is 0.364. The summed E-state index contributed by atoms with van der Waals surface area (Å²) in [7, 11) is 0. The van der Waals surface area contributed by atoms with Crippen LogP contribution in [0.15, 0.2) is 60.2 Å². The Morgan fingerprint density at radius 2 is 1.67 bits per heavy atom. The Hall–Kier alpha value is -1.57. The van der Waals surface area contributed by atoms with Crippen molar-refractivity contribution in [3.8, 4) is 0 Å². The SMILES string of the molecule is CC(C)=CC(CC(C)c1ccc(C)cc1)NCc1ccc(Cl)cc1. The first-order valence-corrected chi connectivity index (χ1v) is 9.01. The minimum absolute atomic E-state index is 0.363. The number of halogens is 1. The normalized spacial score (nSPS) is 13.4. The molecule has 2 aromatic rings. The molecule has 0 fully saturated rings. The molecule has 0 aliphatic rings. The summed E-state index contributed by atoms with van der Waals surface area (Å²) in [6.45, 7) is 9.61. The standard InChI is InChI=1S/C22H28ClN/c1-16(2)13-22(24-15-19-7-11-21(23)12-8-19)14-18(4)20-9-5-17(3)6-10-20/h5-13,18,22,24H,14-15H2,1-4H3. The van der Waals surface area contributed by atoms with Crippen LogP contribution in [0.2, 0.25) is 5.02 Å². The van der Waals surface area contributed by atoms with Crippen molar-refractivity contribution in [2.75, 3.05) is 0 Å². The second kappa shape index (κ2) is 9.05. The van der Waals surface area contributed by atoms with Crippen LogP contribution in [0.3, 0.4) is 0 Å². The molecule has 2 aromatic carbocycles. The molecule has 0 aliphatic heterocycles. The van der Waals surface area contributed by atoms with Gasteiger partial charge in [0.2, 0.25) is 0 Å². The van der Waals surface area contributed by atoms with E-state index in [9.17, 15) is 0 Å². The van der Waals surface area contributed by atoms with Crippen molar-refractivity contribution in [2.45, 2.75) is 52.6 Å². The minimum atomic E-state index is 0.363. The molecule has 1 nitrogen and oxygen atoms in total. The first-order chi connectivity index (χ1) is 11.4. The molecule has 1 N–H and O–H groups in total. The van der Waals surface area contributed by atoms with Gasteiger partial charge >= 0.3 is 0 Å². The third-order valence-corrected chi connectivity index (χ3v) is 4.52. The Bertz CT molecular complexity index is 651. The monoisotopic (exact) mass is 341 g/mol. The fourth-order valence-corrected chi connectivity index (χ4v) is 3.00. The van der Waals surface area contributed by atoms with Crippen LogP contribution in [0.1, 0.15) is 49.8 Å². The van der Waals surface area contributed by atoms with Gasteiger partial charge in [-0.2, -0.15) is 0 Å². The summed E-state index contributed by atoms with van der Waals surface area (Å²) in [6.07, 6.45) is 3.42. The number of hydrogen-bond donors (Lipinski definition) is 1. The summed E-state index contributed by atoms with van der Waals surface area (Å²) in [5, 5.41) is 4.46. The highest BCUT2D eigenvalue weighted by molar-refractivity contribution is 6.30. The molecule has 2 atom stereocenters. The summed E-state index contributed by atoms with van der Waals surface area (Å²) in [5.74, 6) is 0.518. The molecular formula is C22H28ClN. The van der Waals surface area contributed by atoms with Crippen LogP contribution in [0.25, 0.3) is 0 Å². The van der Waals surface area contributed by atoms with Crippen LogP contribution in [-0.2, 0) is 6.54 Å². The van der Waals surface area contributed by atoms with Crippen molar-refractivity contribution in [3.05, 3.63) is 81.9 Å². The van der Waals surface area contributed by atoms with E-state index in [1.807, 2.05) is 12.1 Å². The van der Waals surface area contributed by atoms with Gasteiger partial charge in [-0.05, 0) is 56.4 Å². The van der Waals surface area contributed by atoms with E-state index in [-0.39, 0.29) is 0 Å². The van der Waals surface area contributed by atoms with Crippen LogP contribution in [0.4, 0.5) is 0 Å². The molecule has 0 saturated carbocycles. The maximum Gasteiger partial charge on any atom is 0.0406 e. The molecule has 2 heteroatoms. The first kappa shape index (κ1) is 18.8. The van der Waals surface area contributed by atoms with E-state index in [1.54, 1.807) is 0 Å². The summed E-state index contributed by atoms with van der Waals surface area (Å²) >= 11 is 5.96. The number of benzene rings is 2. The molecule has 128 valence electrons. The molecule has 0 aromatic heterocycles. The van der Waals surface area contributed by atoms with E-state index < -0.39 is 0 Å². The van der Waals surface area contributed by atoms with Gasteiger partial charge in [-0.25, -0.2) is 0 Å². The summed E-state index contributed by atoms with van der Waals surface area (Å²) in [4.78, 5) is 0. The Kier molecular flexibility index (Phi) is 7.08. The van der Waals surface area contributed by atoms with Crippen molar-refractivity contribution >= 4 is 11.6 Å². The highest BCUT2D eigenvalue weighted by atomic mass is 35.5. The third kappa shape index (κ3) is 6.14. The second-order valence-corrected chi connectivity index (χ2v) is 7.34. The van der Waals surface area contributed by atoms with Crippen molar-refractivity contribution in [1.82, 2.24) is 5.32 Å². The molecule has 0 aliphatic carbocycles. The highest BCUT2D eigenvalue weighted by Crippen LogP contribution is 2.22. The van der Waals surface area contributed by atoms with Crippen molar-refractivity contribution in [3.63, 3.8) is 0 Å². The Labute approximate surface area is 151 Å². The van der Waals surface area contributed by atoms with Gasteiger partial charge in [0.25, 0.3) is 0 Å². The molecule has 0 amide bonds. The van der Waals surface area contributed by atoms with Gasteiger partial charge in [-0.15, -0.1) is 0 Å². The van der Waals surface area contributed by atoms with E-state index >= 15 is 0 Å². The molecule has 0 saturated heterocycles. The highest BCUT2D eigenvalue weighted by Gasteiger charge is 2.12. The van der Waals surface area contributed by atoms with Crippen molar-refractivity contribution in [1.29, 1.82) is 0 Å². The fourth-order valence-electron chi connectivity index (χ4n) is 2.88. The lowest BCUT2D eigenvalue weighted by Gasteiger charge is -2.21. The van der Waals surface area contributed by atoms with Gasteiger partial charge in [0.15, 0.2) is 0 Å². The van der Waals surface area contributed by atoms with E-state index in [0.29, 0.717) is 12.0 Å². The maximum absolute atomic E-state index is 5.96. The Morgan fingerprint density at radius 1 is 1.04 bits per heavy atom. The summed E-state index contributed by atoms with van der Waals surface area (Å²) in [5.41, 5.74) is 5.32. The lowest BCUT2D eigenvalue weighted by molar-refractivity contribution is 0.512. The molecule has 24 heavy (non-hydrogen) atoms. The Morgan fingerprint density at radius 3 is 2.25 bits per heavy atom. The number of hydrogen-bond acceptors (Lipinski definition) is 1. The van der Waals surface area contributed by atoms with Crippen molar-refractivity contribution in [2.24, 2.45) is 0 Å². The van der Waals surface area contributed by atoms with E-state index in [4.69, 9.17) is 11.6 Å². The average Bonchev–Trinajstić information content (AvgIpc) is 2.54. The zero-order valence-corrected chi connectivity index (χ0v) is 15.9. The molecule has 2 rings (SSSR count). The van der Waals surface area contributed by atoms with E-state index in [1.165, 1.54) is 22.3 Å². The van der Waals surface area contributed by atoms with Gasteiger partial charge in [-0.3, -0.25) is 0 Å². The predicted octanol–water partition coefficient (Wildman–Crippen LogP) is 6.27. The maximum atomic E-state index is 5.96. The van der Waals surface area contributed by atoms with Crippen LogP contribution < -0.4 is 5.32 Å². The average molecular weight is 342 g/mol. The van der Waals surface area contributed by atoms with E-state index in [0.717, 1.165) is 18.0 Å². The van der Waals surface area contributed by atoms with Gasteiger partial charge in [0.1, 0.15) is 0 Å². The number of aryl methyl sites for hydroxylation is 1. The Balaban J connectivity index is 2.00. The van der Waals surface area contributed by atoms with Gasteiger partial charge in [0, 0.05) is 17.6 Å². The second-order valence-electron chi connectivity index (χ2n) is 6.91. The van der Waals surface area contributed by atoms with Gasteiger partial charge in [0.05, 0.1) is 0 Å². The summed E-state index contributed by atoms with van der Waals surface area (Å²) < 4.78 is 0. The largest absolute Gasteiger partial charge is 0.306 e. The molecule has 0 radical (unpaired) electrons. The predicted molar refractivity (Wildman–Crippen MR) is 106 cm³/mol. The zero-order valence-electron chi connectivity index (χ0n) is 15.1. The van der Waals surface area contributed by atoms with Crippen molar-refractivity contribution < 1.29 is 0 Å².